The van der Waals surface area contributed by atoms with Crippen molar-refractivity contribution in [1.82, 2.24) is 19.3 Å². The Bertz CT molecular complexity index is 1490. The number of aromatic amines is 1. The number of piperazine rings is 1. The van der Waals surface area contributed by atoms with Crippen LogP contribution in [-0.4, -0.2) is 77.2 Å². The molecule has 1 aliphatic rings. The van der Waals surface area contributed by atoms with Crippen LogP contribution in [0.15, 0.2) is 53.7 Å². The SMILES string of the molecule is O=C(CCS(=O)(=O)c1cc2cc(Cl)ccc2[nH]1)N1CCN(c2cccc3nc(CCO)cn23)CC1. The van der Waals surface area contributed by atoms with Gasteiger partial charge in [-0.15, -0.1) is 0 Å². The van der Waals surface area contributed by atoms with Crippen molar-refractivity contribution in [3.63, 3.8) is 0 Å². The molecule has 3 aromatic heterocycles. The van der Waals surface area contributed by atoms with Crippen molar-refractivity contribution in [3.8, 4) is 0 Å². The van der Waals surface area contributed by atoms with E-state index < -0.39 is 9.84 Å². The molecule has 1 amide bonds. The Morgan fingerprint density at radius 1 is 1.11 bits per heavy atom. The van der Waals surface area contributed by atoms with Crippen LogP contribution in [0.2, 0.25) is 5.02 Å². The molecule has 1 saturated heterocycles. The summed E-state index contributed by atoms with van der Waals surface area (Å²) in [6.07, 6.45) is 2.36. The Morgan fingerprint density at radius 3 is 2.69 bits per heavy atom. The second-order valence-electron chi connectivity index (χ2n) is 8.62. The minimum Gasteiger partial charge on any atom is -0.396 e. The molecule has 184 valence electrons. The van der Waals surface area contributed by atoms with Crippen molar-refractivity contribution in [1.29, 1.82) is 0 Å². The van der Waals surface area contributed by atoms with Gasteiger partial charge in [-0.2, -0.15) is 0 Å². The van der Waals surface area contributed by atoms with Crippen LogP contribution in [-0.2, 0) is 21.1 Å². The fraction of sp³-hybridized carbons (Fsp3) is 0.333. The maximum Gasteiger partial charge on any atom is 0.223 e. The number of halogens is 1. The van der Waals surface area contributed by atoms with Crippen LogP contribution >= 0.6 is 11.6 Å². The fourth-order valence-electron chi connectivity index (χ4n) is 4.46. The van der Waals surface area contributed by atoms with Gasteiger partial charge in [0.1, 0.15) is 16.5 Å². The lowest BCUT2D eigenvalue weighted by Gasteiger charge is -2.36. The van der Waals surface area contributed by atoms with Gasteiger partial charge in [-0.25, -0.2) is 13.4 Å². The number of imidazole rings is 1. The smallest absolute Gasteiger partial charge is 0.223 e. The number of rotatable bonds is 7. The van der Waals surface area contributed by atoms with Gasteiger partial charge in [0.05, 0.1) is 11.4 Å². The lowest BCUT2D eigenvalue weighted by molar-refractivity contribution is -0.131. The summed E-state index contributed by atoms with van der Waals surface area (Å²) in [5.74, 6) is 0.556. The molecule has 0 atom stereocenters. The highest BCUT2D eigenvalue weighted by atomic mass is 35.5. The molecule has 1 aromatic carbocycles. The number of carbonyl (C=O) groups excluding carboxylic acids is 1. The third kappa shape index (κ3) is 4.86. The number of benzene rings is 1. The first-order chi connectivity index (χ1) is 16.8. The van der Waals surface area contributed by atoms with Gasteiger partial charge in [-0.3, -0.25) is 9.20 Å². The van der Waals surface area contributed by atoms with Crippen molar-refractivity contribution in [3.05, 3.63) is 59.4 Å². The molecule has 4 aromatic rings. The maximum atomic E-state index is 12.8. The number of fused-ring (bicyclic) bond motifs is 2. The number of aliphatic hydroxyl groups excluding tert-OH is 1. The number of amides is 1. The molecule has 1 aliphatic heterocycles. The Kier molecular flexibility index (Phi) is 6.43. The van der Waals surface area contributed by atoms with E-state index in [9.17, 15) is 18.3 Å². The zero-order valence-corrected chi connectivity index (χ0v) is 20.6. The molecule has 0 aliphatic carbocycles. The molecule has 35 heavy (non-hydrogen) atoms. The highest BCUT2D eigenvalue weighted by molar-refractivity contribution is 7.91. The Morgan fingerprint density at radius 2 is 1.91 bits per heavy atom. The summed E-state index contributed by atoms with van der Waals surface area (Å²) in [6, 6.07) is 12.6. The van der Waals surface area contributed by atoms with Gasteiger partial charge in [0, 0.05) is 67.7 Å². The first kappa shape index (κ1) is 23.7. The molecule has 9 nitrogen and oxygen atoms in total. The van der Waals surface area contributed by atoms with Crippen molar-refractivity contribution >= 4 is 49.7 Å². The second-order valence-corrected chi connectivity index (χ2v) is 11.1. The predicted molar refractivity (Wildman–Crippen MR) is 135 cm³/mol. The third-order valence-electron chi connectivity index (χ3n) is 6.32. The largest absolute Gasteiger partial charge is 0.396 e. The minimum absolute atomic E-state index is 0.0460. The lowest BCUT2D eigenvalue weighted by Crippen LogP contribution is -2.49. The fourth-order valence-corrected chi connectivity index (χ4v) is 5.87. The molecule has 0 radical (unpaired) electrons. The van der Waals surface area contributed by atoms with Crippen molar-refractivity contribution < 1.29 is 18.3 Å². The summed E-state index contributed by atoms with van der Waals surface area (Å²) >= 11 is 5.99. The van der Waals surface area contributed by atoms with Crippen molar-refractivity contribution in [2.45, 2.75) is 17.9 Å². The first-order valence-corrected chi connectivity index (χ1v) is 13.5. The average Bonchev–Trinajstić information content (AvgIpc) is 3.46. The molecule has 5 rings (SSSR count). The molecule has 11 heteroatoms. The molecule has 0 unspecified atom stereocenters. The van der Waals surface area contributed by atoms with E-state index in [4.69, 9.17) is 11.6 Å². The number of carbonyl (C=O) groups is 1. The summed E-state index contributed by atoms with van der Waals surface area (Å²) < 4.78 is 27.6. The number of hydrogen-bond acceptors (Lipinski definition) is 6. The summed E-state index contributed by atoms with van der Waals surface area (Å²) in [6.45, 7) is 2.34. The van der Waals surface area contributed by atoms with Gasteiger partial charge in [-0.05, 0) is 36.4 Å². The maximum absolute atomic E-state index is 12.8. The molecular weight excluding hydrogens is 490 g/mol. The zero-order chi connectivity index (χ0) is 24.6. The zero-order valence-electron chi connectivity index (χ0n) is 19.0. The summed E-state index contributed by atoms with van der Waals surface area (Å²) in [4.78, 5) is 24.2. The molecule has 0 spiro atoms. The Balaban J connectivity index is 1.20. The minimum atomic E-state index is -3.63. The number of anilines is 1. The third-order valence-corrected chi connectivity index (χ3v) is 8.19. The number of hydrogen-bond donors (Lipinski definition) is 2. The monoisotopic (exact) mass is 515 g/mol. The predicted octanol–water partition coefficient (Wildman–Crippen LogP) is 2.52. The van der Waals surface area contributed by atoms with E-state index >= 15 is 0 Å². The summed E-state index contributed by atoms with van der Waals surface area (Å²) in [7, 11) is -3.63. The van der Waals surface area contributed by atoms with E-state index in [1.807, 2.05) is 28.8 Å². The summed E-state index contributed by atoms with van der Waals surface area (Å²) in [5, 5.41) is 10.6. The van der Waals surface area contributed by atoms with Crippen LogP contribution in [0.5, 0.6) is 0 Å². The number of H-pyrrole nitrogens is 1. The van der Waals surface area contributed by atoms with Crippen molar-refractivity contribution in [2.24, 2.45) is 0 Å². The number of sulfone groups is 1. The van der Waals surface area contributed by atoms with Crippen molar-refractivity contribution in [2.75, 3.05) is 43.4 Å². The molecule has 4 heterocycles. The quantitative estimate of drug-likeness (QED) is 0.391. The Hall–Kier alpha value is -3.08. The molecule has 0 bridgehead atoms. The average molecular weight is 516 g/mol. The van der Waals surface area contributed by atoms with Crippen LogP contribution in [0.1, 0.15) is 12.1 Å². The number of aromatic nitrogens is 3. The van der Waals surface area contributed by atoms with Crippen LogP contribution in [0, 0.1) is 0 Å². The van der Waals surface area contributed by atoms with Crippen LogP contribution in [0.4, 0.5) is 5.82 Å². The first-order valence-electron chi connectivity index (χ1n) is 11.5. The number of aliphatic hydroxyl groups is 1. The normalized spacial score (nSPS) is 14.8. The number of pyridine rings is 1. The molecular formula is C24H26ClN5O4S. The topological polar surface area (TPSA) is 111 Å². The molecule has 0 saturated carbocycles. The number of nitrogens with one attached hydrogen (secondary N) is 1. The Labute approximate surface area is 207 Å². The van der Waals surface area contributed by atoms with E-state index in [-0.39, 0.29) is 29.7 Å². The second kappa shape index (κ2) is 9.52. The number of nitrogens with zero attached hydrogens (tertiary/aromatic N) is 4. The van der Waals surface area contributed by atoms with Gasteiger partial charge in [0.2, 0.25) is 5.91 Å². The highest BCUT2D eigenvalue weighted by Gasteiger charge is 2.25. The van der Waals surface area contributed by atoms with Crippen LogP contribution in [0.25, 0.3) is 16.6 Å². The molecule has 2 N–H and O–H groups in total. The van der Waals surface area contributed by atoms with E-state index in [2.05, 4.69) is 14.9 Å². The molecule has 1 fully saturated rings. The van der Waals surface area contributed by atoms with E-state index in [1.165, 1.54) is 0 Å². The lowest BCUT2D eigenvalue weighted by atomic mass is 10.2. The van der Waals surface area contributed by atoms with Crippen LogP contribution in [0.3, 0.4) is 0 Å². The van der Waals surface area contributed by atoms with E-state index in [0.717, 1.165) is 22.5 Å². The van der Waals surface area contributed by atoms with Gasteiger partial charge >= 0.3 is 0 Å². The van der Waals surface area contributed by atoms with E-state index in [1.54, 1.807) is 29.2 Å². The van der Waals surface area contributed by atoms with Gasteiger partial charge in [-0.1, -0.05) is 17.7 Å². The van der Waals surface area contributed by atoms with Gasteiger partial charge in [0.25, 0.3) is 0 Å². The highest BCUT2D eigenvalue weighted by Crippen LogP contribution is 2.24. The summed E-state index contributed by atoms with van der Waals surface area (Å²) in [5.41, 5.74) is 2.33. The van der Waals surface area contributed by atoms with Gasteiger partial charge < -0.3 is 19.9 Å². The van der Waals surface area contributed by atoms with Gasteiger partial charge in [0.15, 0.2) is 9.84 Å². The van der Waals surface area contributed by atoms with Crippen LogP contribution < -0.4 is 4.90 Å². The van der Waals surface area contributed by atoms with E-state index in [0.29, 0.717) is 43.1 Å². The standard InChI is InChI=1S/C24H26ClN5O4S/c25-18-4-5-20-17(14-18)15-22(27-20)35(33,34)13-7-24(32)29-10-8-28(9-11-29)23-3-1-2-21-26-19(6-12-31)16-30(21)23/h1-5,14-16,27,31H,6-13H2.